The number of rotatable bonds is 6. The Labute approximate surface area is 116 Å². The van der Waals surface area contributed by atoms with Gasteiger partial charge in [0, 0.05) is 0 Å². The molecule has 0 aromatic heterocycles. The van der Waals surface area contributed by atoms with Crippen LogP contribution in [0.3, 0.4) is 0 Å². The molecule has 0 radical (unpaired) electrons. The van der Waals surface area contributed by atoms with Gasteiger partial charge in [-0.25, -0.2) is 0 Å². The summed E-state index contributed by atoms with van der Waals surface area (Å²) in [6.07, 6.45) is 2.35. The van der Waals surface area contributed by atoms with E-state index in [0.29, 0.717) is 5.92 Å². The van der Waals surface area contributed by atoms with Gasteiger partial charge in [0.25, 0.3) is 0 Å². The van der Waals surface area contributed by atoms with Crippen molar-refractivity contribution in [3.63, 3.8) is 0 Å². The number of hydrogen-bond acceptors (Lipinski definition) is 2. The van der Waals surface area contributed by atoms with Crippen molar-refractivity contribution in [2.45, 2.75) is 18.8 Å². The quantitative estimate of drug-likeness (QED) is 0.860. The van der Waals surface area contributed by atoms with Gasteiger partial charge in [-0.2, -0.15) is 0 Å². The molecule has 2 aromatic rings. The molecular formula is C17H24N2. The van der Waals surface area contributed by atoms with Gasteiger partial charge in [0.05, 0.1) is 0 Å². The Kier molecular flexibility index (Phi) is 4.94. The predicted molar refractivity (Wildman–Crippen MR) is 83.5 cm³/mol. The molecule has 2 heteroatoms. The van der Waals surface area contributed by atoms with Gasteiger partial charge < -0.3 is 10.6 Å². The summed E-state index contributed by atoms with van der Waals surface area (Å²) in [5, 5.41) is 2.66. The van der Waals surface area contributed by atoms with Gasteiger partial charge in [-0.05, 0) is 62.3 Å². The highest BCUT2D eigenvalue weighted by molar-refractivity contribution is 5.86. The number of fused-ring (bicyclic) bond motifs is 1. The zero-order chi connectivity index (χ0) is 13.7. The smallest absolute Gasteiger partial charge is 0.000801 e. The molecule has 2 aromatic carbocycles. The lowest BCUT2D eigenvalue weighted by Gasteiger charge is -2.18. The molecule has 102 valence electrons. The zero-order valence-electron chi connectivity index (χ0n) is 12.0. The fourth-order valence-electron chi connectivity index (χ4n) is 2.66. The summed E-state index contributed by atoms with van der Waals surface area (Å²) >= 11 is 0. The molecule has 2 rings (SSSR count). The van der Waals surface area contributed by atoms with Crippen molar-refractivity contribution in [2.75, 3.05) is 27.2 Å². The van der Waals surface area contributed by atoms with E-state index in [2.05, 4.69) is 61.5 Å². The minimum Gasteiger partial charge on any atom is -0.330 e. The average Bonchev–Trinajstić information content (AvgIpc) is 2.43. The van der Waals surface area contributed by atoms with Crippen LogP contribution in [0.25, 0.3) is 10.8 Å². The van der Waals surface area contributed by atoms with Gasteiger partial charge in [0.1, 0.15) is 0 Å². The second kappa shape index (κ2) is 6.69. The molecule has 2 nitrogen and oxygen atoms in total. The van der Waals surface area contributed by atoms with Crippen molar-refractivity contribution in [1.29, 1.82) is 0 Å². The van der Waals surface area contributed by atoms with Crippen LogP contribution in [-0.4, -0.2) is 32.1 Å². The second-order valence-electron chi connectivity index (χ2n) is 5.45. The molecular weight excluding hydrogens is 232 g/mol. The maximum absolute atomic E-state index is 6.00. The highest BCUT2D eigenvalue weighted by Crippen LogP contribution is 2.28. The number of benzene rings is 2. The first-order valence-electron chi connectivity index (χ1n) is 7.05. The average molecular weight is 256 g/mol. The van der Waals surface area contributed by atoms with E-state index < -0.39 is 0 Å². The molecule has 0 fully saturated rings. The minimum absolute atomic E-state index is 0.464. The Morgan fingerprint density at radius 1 is 1.05 bits per heavy atom. The standard InChI is InChI=1S/C17H24N2/c1-19(2)12-6-9-15(13-18)17-11-5-8-14-7-3-4-10-16(14)17/h3-5,7-8,10-11,15H,6,9,12-13,18H2,1-2H3/t15-/m0/s1. The second-order valence-corrected chi connectivity index (χ2v) is 5.45. The van der Waals surface area contributed by atoms with Gasteiger partial charge in [-0.1, -0.05) is 42.5 Å². The van der Waals surface area contributed by atoms with Gasteiger partial charge >= 0.3 is 0 Å². The van der Waals surface area contributed by atoms with E-state index in [9.17, 15) is 0 Å². The lowest BCUT2D eigenvalue weighted by molar-refractivity contribution is 0.385. The van der Waals surface area contributed by atoms with Crippen LogP contribution in [0.4, 0.5) is 0 Å². The number of hydrogen-bond donors (Lipinski definition) is 1. The van der Waals surface area contributed by atoms with Crippen molar-refractivity contribution in [2.24, 2.45) is 5.73 Å². The molecule has 0 amide bonds. The van der Waals surface area contributed by atoms with Gasteiger partial charge in [-0.15, -0.1) is 0 Å². The van der Waals surface area contributed by atoms with Gasteiger partial charge in [0.2, 0.25) is 0 Å². The lowest BCUT2D eigenvalue weighted by atomic mass is 9.90. The monoisotopic (exact) mass is 256 g/mol. The van der Waals surface area contributed by atoms with Gasteiger partial charge in [0.15, 0.2) is 0 Å². The molecule has 0 heterocycles. The van der Waals surface area contributed by atoms with Crippen LogP contribution in [0.5, 0.6) is 0 Å². The summed E-state index contributed by atoms with van der Waals surface area (Å²) in [6, 6.07) is 15.1. The van der Waals surface area contributed by atoms with Crippen LogP contribution < -0.4 is 5.73 Å². The van der Waals surface area contributed by atoms with Crippen molar-refractivity contribution in [1.82, 2.24) is 4.90 Å². The summed E-state index contributed by atoms with van der Waals surface area (Å²) in [5.41, 5.74) is 7.40. The minimum atomic E-state index is 0.464. The zero-order valence-corrected chi connectivity index (χ0v) is 12.0. The third-order valence-corrected chi connectivity index (χ3v) is 3.71. The summed E-state index contributed by atoms with van der Waals surface area (Å²) in [5.74, 6) is 0.464. The Bertz CT molecular complexity index is 514. The first-order valence-corrected chi connectivity index (χ1v) is 7.05. The first-order chi connectivity index (χ1) is 9.22. The molecule has 0 bridgehead atoms. The molecule has 0 saturated heterocycles. The van der Waals surface area contributed by atoms with E-state index in [1.807, 2.05) is 0 Å². The van der Waals surface area contributed by atoms with E-state index in [-0.39, 0.29) is 0 Å². The van der Waals surface area contributed by atoms with Gasteiger partial charge in [-0.3, -0.25) is 0 Å². The van der Waals surface area contributed by atoms with Crippen LogP contribution in [0.15, 0.2) is 42.5 Å². The topological polar surface area (TPSA) is 29.3 Å². The maximum Gasteiger partial charge on any atom is -0.000801 e. The third-order valence-electron chi connectivity index (χ3n) is 3.71. The largest absolute Gasteiger partial charge is 0.330 e. The highest BCUT2D eigenvalue weighted by Gasteiger charge is 2.12. The summed E-state index contributed by atoms with van der Waals surface area (Å²) < 4.78 is 0. The van der Waals surface area contributed by atoms with Crippen molar-refractivity contribution in [3.8, 4) is 0 Å². The van der Waals surface area contributed by atoms with Crippen molar-refractivity contribution >= 4 is 10.8 Å². The molecule has 0 aliphatic heterocycles. The molecule has 0 spiro atoms. The van der Waals surface area contributed by atoms with Crippen LogP contribution in [0.2, 0.25) is 0 Å². The highest BCUT2D eigenvalue weighted by atomic mass is 15.0. The maximum atomic E-state index is 6.00. The fraction of sp³-hybridized carbons (Fsp3) is 0.412. The molecule has 0 saturated carbocycles. The van der Waals surface area contributed by atoms with E-state index in [4.69, 9.17) is 5.73 Å². The van der Waals surface area contributed by atoms with E-state index in [1.165, 1.54) is 22.8 Å². The molecule has 0 aliphatic rings. The Morgan fingerprint density at radius 2 is 1.79 bits per heavy atom. The number of nitrogens with zero attached hydrogens (tertiary/aromatic N) is 1. The lowest BCUT2D eigenvalue weighted by Crippen LogP contribution is -2.17. The predicted octanol–water partition coefficient (Wildman–Crippen LogP) is 3.22. The van der Waals surface area contributed by atoms with Crippen molar-refractivity contribution in [3.05, 3.63) is 48.0 Å². The first kappa shape index (κ1) is 14.0. The molecule has 2 N–H and O–H groups in total. The Morgan fingerprint density at radius 3 is 2.53 bits per heavy atom. The van der Waals surface area contributed by atoms with E-state index in [1.54, 1.807) is 0 Å². The normalized spacial score (nSPS) is 13.1. The number of nitrogens with two attached hydrogens (primary N) is 1. The molecule has 0 unspecified atom stereocenters. The SMILES string of the molecule is CN(C)CCC[C@@H](CN)c1cccc2ccccc12. The summed E-state index contributed by atoms with van der Waals surface area (Å²) in [7, 11) is 4.24. The molecule has 1 atom stereocenters. The summed E-state index contributed by atoms with van der Waals surface area (Å²) in [4.78, 5) is 2.23. The fourth-order valence-corrected chi connectivity index (χ4v) is 2.66. The Hall–Kier alpha value is -1.38. The summed E-state index contributed by atoms with van der Waals surface area (Å²) in [6.45, 7) is 1.85. The van der Waals surface area contributed by atoms with Crippen LogP contribution >= 0.6 is 0 Å². The third kappa shape index (κ3) is 3.55. The van der Waals surface area contributed by atoms with E-state index in [0.717, 1.165) is 19.5 Å². The Balaban J connectivity index is 2.20. The molecule has 19 heavy (non-hydrogen) atoms. The van der Waals surface area contributed by atoms with Crippen LogP contribution in [-0.2, 0) is 0 Å². The van der Waals surface area contributed by atoms with E-state index >= 15 is 0 Å². The van der Waals surface area contributed by atoms with Crippen LogP contribution in [0, 0.1) is 0 Å². The van der Waals surface area contributed by atoms with Crippen molar-refractivity contribution < 1.29 is 0 Å². The molecule has 0 aliphatic carbocycles. The van der Waals surface area contributed by atoms with Crippen LogP contribution in [0.1, 0.15) is 24.3 Å².